The van der Waals surface area contributed by atoms with E-state index in [1.165, 1.54) is 14.2 Å². The minimum absolute atomic E-state index is 0.250. The molecule has 0 spiro atoms. The Hall–Kier alpha value is -3.04. The first-order valence-corrected chi connectivity index (χ1v) is 7.87. The summed E-state index contributed by atoms with van der Waals surface area (Å²) >= 11 is 0. The average molecular weight is 339 g/mol. The smallest absolute Gasteiger partial charge is 0.345 e. The molecule has 1 N–H and O–H groups in total. The second kappa shape index (κ2) is 9.30. The molecule has 130 valence electrons. The Morgan fingerprint density at radius 1 is 1.24 bits per heavy atom. The van der Waals surface area contributed by atoms with Gasteiger partial charge >= 0.3 is 6.03 Å². The molecule has 0 radical (unpaired) electrons. The lowest BCUT2D eigenvalue weighted by Crippen LogP contribution is -2.30. The molecule has 6 nitrogen and oxygen atoms in total. The number of nitrogens with one attached hydrogen (secondary N) is 1. The number of rotatable bonds is 7. The third-order valence-corrected chi connectivity index (χ3v) is 3.60. The monoisotopic (exact) mass is 339 g/mol. The molecule has 2 aromatic rings. The molecule has 1 unspecified atom stereocenters. The molecule has 0 aliphatic heterocycles. The topological polar surface area (TPSA) is 74.6 Å². The van der Waals surface area contributed by atoms with Crippen LogP contribution in [0.5, 0.6) is 5.75 Å². The lowest BCUT2D eigenvalue weighted by Gasteiger charge is -2.15. The van der Waals surface area contributed by atoms with Crippen LogP contribution in [-0.4, -0.2) is 31.9 Å². The van der Waals surface area contributed by atoms with E-state index >= 15 is 0 Å². The molecule has 0 fully saturated rings. The van der Waals surface area contributed by atoms with E-state index in [2.05, 4.69) is 11.4 Å². The zero-order chi connectivity index (χ0) is 18.1. The van der Waals surface area contributed by atoms with Crippen molar-refractivity contribution < 1.29 is 14.4 Å². The molecule has 2 aromatic carbocycles. The number of amides is 2. The van der Waals surface area contributed by atoms with Gasteiger partial charge in [0.2, 0.25) is 0 Å². The number of nitriles is 1. The molecule has 2 amide bonds. The summed E-state index contributed by atoms with van der Waals surface area (Å²) in [5.74, 6) is 0.339. The highest BCUT2D eigenvalue weighted by Gasteiger charge is 2.11. The average Bonchev–Trinajstić information content (AvgIpc) is 2.65. The Kier molecular flexibility index (Phi) is 6.81. The van der Waals surface area contributed by atoms with Crippen LogP contribution in [0, 0.1) is 17.2 Å². The van der Waals surface area contributed by atoms with Crippen LogP contribution in [0.25, 0.3) is 0 Å². The van der Waals surface area contributed by atoms with Crippen LogP contribution in [0.1, 0.15) is 5.56 Å². The fourth-order valence-electron chi connectivity index (χ4n) is 2.19. The number of hydroxylamine groups is 2. The minimum atomic E-state index is -0.390. The molecule has 0 aliphatic carbocycles. The van der Waals surface area contributed by atoms with E-state index in [1.807, 2.05) is 30.3 Å². The van der Waals surface area contributed by atoms with Gasteiger partial charge in [-0.1, -0.05) is 36.4 Å². The van der Waals surface area contributed by atoms with Crippen LogP contribution < -0.4 is 10.1 Å². The number of hydrogen-bond donors (Lipinski definition) is 1. The minimum Gasteiger partial charge on any atom is -0.492 e. The molecule has 0 aromatic heterocycles. The van der Waals surface area contributed by atoms with E-state index in [0.717, 1.165) is 10.6 Å². The maximum atomic E-state index is 11.8. The predicted octanol–water partition coefficient (Wildman–Crippen LogP) is 3.47. The number of anilines is 1. The van der Waals surface area contributed by atoms with Gasteiger partial charge in [-0.2, -0.15) is 5.26 Å². The molecule has 2 rings (SSSR count). The third-order valence-electron chi connectivity index (χ3n) is 3.60. The highest BCUT2D eigenvalue weighted by atomic mass is 16.7. The molecule has 6 heteroatoms. The molecular formula is C19H21N3O3. The van der Waals surface area contributed by atoms with Crippen molar-refractivity contribution in [2.24, 2.45) is 5.92 Å². The first kappa shape index (κ1) is 18.3. The van der Waals surface area contributed by atoms with Crippen molar-refractivity contribution in [2.75, 3.05) is 26.1 Å². The molecular weight excluding hydrogens is 318 g/mol. The standard InChI is InChI=1S/C19H21N3O3/c1-22(24-2)19(23)21-17-9-6-10-18(12-17)25-14-16(13-20)11-15-7-4-3-5-8-15/h3-10,12,16H,11,14H2,1-2H3,(H,21,23). The second-order valence-electron chi connectivity index (χ2n) is 5.46. The Morgan fingerprint density at radius 3 is 2.68 bits per heavy atom. The molecule has 0 aliphatic rings. The Bertz CT molecular complexity index is 728. The molecule has 25 heavy (non-hydrogen) atoms. The zero-order valence-electron chi connectivity index (χ0n) is 14.3. The maximum absolute atomic E-state index is 11.8. The normalized spacial score (nSPS) is 11.2. The van der Waals surface area contributed by atoms with E-state index in [9.17, 15) is 10.1 Å². The van der Waals surface area contributed by atoms with Gasteiger partial charge < -0.3 is 10.1 Å². The molecule has 0 saturated heterocycles. The zero-order valence-corrected chi connectivity index (χ0v) is 14.3. The fraction of sp³-hybridized carbons (Fsp3) is 0.263. The Balaban J connectivity index is 1.92. The van der Waals surface area contributed by atoms with Crippen LogP contribution in [0.2, 0.25) is 0 Å². The molecule has 0 heterocycles. The van der Waals surface area contributed by atoms with E-state index in [-0.39, 0.29) is 12.5 Å². The molecule has 1 atom stereocenters. The predicted molar refractivity (Wildman–Crippen MR) is 95.0 cm³/mol. The summed E-state index contributed by atoms with van der Waals surface area (Å²) in [6.45, 7) is 0.279. The Labute approximate surface area is 147 Å². The van der Waals surface area contributed by atoms with Gasteiger partial charge in [-0.15, -0.1) is 0 Å². The van der Waals surface area contributed by atoms with Crippen LogP contribution in [-0.2, 0) is 11.3 Å². The Morgan fingerprint density at radius 2 is 2.00 bits per heavy atom. The van der Waals surface area contributed by atoms with Crippen molar-refractivity contribution in [3.8, 4) is 11.8 Å². The lowest BCUT2D eigenvalue weighted by molar-refractivity contribution is -0.0598. The van der Waals surface area contributed by atoms with Gasteiger partial charge in [0.05, 0.1) is 19.1 Å². The van der Waals surface area contributed by atoms with Gasteiger partial charge in [-0.25, -0.2) is 9.86 Å². The second-order valence-corrected chi connectivity index (χ2v) is 5.46. The summed E-state index contributed by atoms with van der Waals surface area (Å²) in [5, 5.41) is 13.1. The summed E-state index contributed by atoms with van der Waals surface area (Å²) in [5.41, 5.74) is 1.68. The van der Waals surface area contributed by atoms with Gasteiger partial charge in [0.15, 0.2) is 0 Å². The van der Waals surface area contributed by atoms with Crippen molar-refractivity contribution in [1.82, 2.24) is 5.06 Å². The highest BCUT2D eigenvalue weighted by molar-refractivity contribution is 5.88. The fourth-order valence-corrected chi connectivity index (χ4v) is 2.19. The van der Waals surface area contributed by atoms with Crippen LogP contribution in [0.15, 0.2) is 54.6 Å². The SMILES string of the molecule is CON(C)C(=O)Nc1cccc(OCC(C#N)Cc2ccccc2)c1. The van der Waals surface area contributed by atoms with Crippen LogP contribution in [0.4, 0.5) is 10.5 Å². The largest absolute Gasteiger partial charge is 0.492 e. The first-order valence-electron chi connectivity index (χ1n) is 7.87. The van der Waals surface area contributed by atoms with E-state index in [4.69, 9.17) is 9.57 Å². The van der Waals surface area contributed by atoms with Crippen molar-refractivity contribution in [2.45, 2.75) is 6.42 Å². The summed E-state index contributed by atoms with van der Waals surface area (Å²) in [6, 6.07) is 18.7. The number of carbonyl (C=O) groups is 1. The van der Waals surface area contributed by atoms with Gasteiger partial charge in [-0.05, 0) is 24.1 Å². The van der Waals surface area contributed by atoms with Crippen LogP contribution >= 0.6 is 0 Å². The number of carbonyl (C=O) groups excluding carboxylic acids is 1. The first-order chi connectivity index (χ1) is 12.1. The highest BCUT2D eigenvalue weighted by Crippen LogP contribution is 2.19. The van der Waals surface area contributed by atoms with Crippen molar-refractivity contribution in [3.63, 3.8) is 0 Å². The molecule has 0 saturated carbocycles. The third kappa shape index (κ3) is 5.83. The number of ether oxygens (including phenoxy) is 1. The van der Waals surface area contributed by atoms with Crippen molar-refractivity contribution in [3.05, 3.63) is 60.2 Å². The maximum Gasteiger partial charge on any atom is 0.345 e. The summed E-state index contributed by atoms with van der Waals surface area (Å²) < 4.78 is 5.72. The number of urea groups is 1. The van der Waals surface area contributed by atoms with Crippen molar-refractivity contribution >= 4 is 11.7 Å². The van der Waals surface area contributed by atoms with E-state index < -0.39 is 6.03 Å². The number of nitrogens with zero attached hydrogens (tertiary/aromatic N) is 2. The quantitative estimate of drug-likeness (QED) is 0.784. The van der Waals surface area contributed by atoms with Gasteiger partial charge in [0.25, 0.3) is 0 Å². The van der Waals surface area contributed by atoms with Gasteiger partial charge in [0.1, 0.15) is 12.4 Å². The number of benzene rings is 2. The van der Waals surface area contributed by atoms with Crippen LogP contribution in [0.3, 0.4) is 0 Å². The van der Waals surface area contributed by atoms with Crippen molar-refractivity contribution in [1.29, 1.82) is 5.26 Å². The summed E-state index contributed by atoms with van der Waals surface area (Å²) in [7, 11) is 2.92. The summed E-state index contributed by atoms with van der Waals surface area (Å²) in [4.78, 5) is 16.6. The number of hydrogen-bond acceptors (Lipinski definition) is 4. The van der Waals surface area contributed by atoms with Gasteiger partial charge in [-0.3, -0.25) is 4.84 Å². The molecule has 0 bridgehead atoms. The van der Waals surface area contributed by atoms with E-state index in [1.54, 1.807) is 24.3 Å². The lowest BCUT2D eigenvalue weighted by atomic mass is 10.0. The van der Waals surface area contributed by atoms with E-state index in [0.29, 0.717) is 17.9 Å². The summed E-state index contributed by atoms with van der Waals surface area (Å²) in [6.07, 6.45) is 0.631. The van der Waals surface area contributed by atoms with Gasteiger partial charge in [0, 0.05) is 18.8 Å².